The number of hydrogen-bond donors (Lipinski definition) is 1. The molecule has 2 unspecified atom stereocenters. The molecule has 5 aliphatic rings. The zero-order valence-electron chi connectivity index (χ0n) is 27.2. The van der Waals surface area contributed by atoms with Crippen LogP contribution in [0.15, 0.2) is 53.6 Å². The molecule has 0 radical (unpaired) electrons. The van der Waals surface area contributed by atoms with Crippen molar-refractivity contribution in [2.45, 2.75) is 106 Å². The van der Waals surface area contributed by atoms with Crippen LogP contribution in [-0.2, 0) is 25.7 Å². The number of carboxylic acid groups (broad SMARTS) is 1. The first-order valence-corrected chi connectivity index (χ1v) is 16.4. The van der Waals surface area contributed by atoms with Gasteiger partial charge in [-0.15, -0.1) is 0 Å². The summed E-state index contributed by atoms with van der Waals surface area (Å²) in [5.74, 6) is -0.623. The fraction of sp³-hybridized carbons (Fsp3) is 0.658. The molecule has 8 atom stereocenters. The van der Waals surface area contributed by atoms with Crippen molar-refractivity contribution in [2.24, 2.45) is 50.2 Å². The fourth-order valence-corrected chi connectivity index (χ4v) is 11.2. The zero-order valence-corrected chi connectivity index (χ0v) is 27.2. The van der Waals surface area contributed by atoms with Gasteiger partial charge in [0.1, 0.15) is 6.61 Å². The maximum atomic E-state index is 14.5. The van der Waals surface area contributed by atoms with E-state index in [0.29, 0.717) is 18.4 Å². The zero-order chi connectivity index (χ0) is 31.2. The van der Waals surface area contributed by atoms with Gasteiger partial charge in [0.25, 0.3) is 0 Å². The summed E-state index contributed by atoms with van der Waals surface area (Å²) in [4.78, 5) is 40.4. The summed E-state index contributed by atoms with van der Waals surface area (Å²) in [6, 6.07) is 9.85. The minimum Gasteiger partial charge on any atom is -0.478 e. The molecule has 1 aromatic rings. The number of aliphatic carboxylic acids is 1. The average Bonchev–Trinajstić information content (AvgIpc) is 2.93. The number of benzene rings is 1. The summed E-state index contributed by atoms with van der Waals surface area (Å²) in [6.45, 7) is 15.9. The highest BCUT2D eigenvalue weighted by molar-refractivity contribution is 5.96. The quantitative estimate of drug-likeness (QED) is 0.359. The van der Waals surface area contributed by atoms with E-state index < -0.39 is 16.8 Å². The smallest absolute Gasteiger partial charge is 0.331 e. The standard InChI is InChI=1S/C38H50O5/c1-33(2)25(31(40)41)13-15-36(5)29(33)14-16-38(7)30(36)28(39)21-26-27-22-35(4,18-17-34(27,3)19-20-37(26,38)6)32(42)43-23-24-11-9-8-10-12-24/h8-13,21,27,29-30H,14-20,22-23H2,1-7H3,(H,40,41)/t27-,29?,30?,34+,35-,36-,37+,38+/m0/s1. The highest BCUT2D eigenvalue weighted by atomic mass is 16.5. The van der Waals surface area contributed by atoms with E-state index in [1.54, 1.807) is 0 Å². The van der Waals surface area contributed by atoms with Crippen molar-refractivity contribution < 1.29 is 24.2 Å². The first-order valence-electron chi connectivity index (χ1n) is 16.4. The molecule has 0 amide bonds. The molecule has 5 aliphatic carbocycles. The number of ketones is 1. The topological polar surface area (TPSA) is 80.7 Å². The molecule has 5 nitrogen and oxygen atoms in total. The lowest BCUT2D eigenvalue weighted by Crippen LogP contribution is -2.65. The Hall–Kier alpha value is -2.69. The molecule has 0 saturated heterocycles. The Balaban J connectivity index is 1.35. The minimum absolute atomic E-state index is 0.0566. The molecule has 232 valence electrons. The van der Waals surface area contributed by atoms with E-state index in [1.165, 1.54) is 5.57 Å². The molecule has 1 aromatic carbocycles. The van der Waals surface area contributed by atoms with Gasteiger partial charge in [-0.1, -0.05) is 83.5 Å². The summed E-state index contributed by atoms with van der Waals surface area (Å²) >= 11 is 0. The van der Waals surface area contributed by atoms with Crippen LogP contribution in [0.2, 0.25) is 0 Å². The Morgan fingerprint density at radius 3 is 2.28 bits per heavy atom. The van der Waals surface area contributed by atoms with E-state index in [2.05, 4.69) is 48.5 Å². The predicted octanol–water partition coefficient (Wildman–Crippen LogP) is 8.33. The van der Waals surface area contributed by atoms with Gasteiger partial charge < -0.3 is 9.84 Å². The Labute approximate surface area is 257 Å². The molecular formula is C38H50O5. The van der Waals surface area contributed by atoms with Crippen LogP contribution in [0.3, 0.4) is 0 Å². The molecule has 6 rings (SSSR count). The molecule has 43 heavy (non-hydrogen) atoms. The third kappa shape index (κ3) is 4.19. The van der Waals surface area contributed by atoms with Crippen LogP contribution in [0.4, 0.5) is 0 Å². The Morgan fingerprint density at radius 1 is 0.930 bits per heavy atom. The number of hydrogen-bond acceptors (Lipinski definition) is 4. The van der Waals surface area contributed by atoms with Gasteiger partial charge in [-0.25, -0.2) is 4.79 Å². The van der Waals surface area contributed by atoms with Crippen molar-refractivity contribution in [3.63, 3.8) is 0 Å². The van der Waals surface area contributed by atoms with Crippen LogP contribution in [0.5, 0.6) is 0 Å². The SMILES string of the molecule is CC1(C)C(C(=O)O)=CC[C@@]2(C)C1CC[C@]1(C)C2C(=O)C=C2[C@@H]3C[C@@](C)(C(=O)OCc4ccccc4)CC[C@]3(C)CC[C@]21C. The molecule has 0 bridgehead atoms. The first-order chi connectivity index (χ1) is 20.0. The van der Waals surface area contributed by atoms with Crippen molar-refractivity contribution in [1.82, 2.24) is 0 Å². The third-order valence-electron chi connectivity index (χ3n) is 14.1. The molecule has 0 spiro atoms. The first kappa shape index (κ1) is 30.3. The van der Waals surface area contributed by atoms with Crippen molar-refractivity contribution in [2.75, 3.05) is 0 Å². The second kappa shape index (κ2) is 9.65. The average molecular weight is 587 g/mol. The van der Waals surface area contributed by atoms with Gasteiger partial charge in [0.15, 0.2) is 5.78 Å². The number of fused-ring (bicyclic) bond motifs is 7. The van der Waals surface area contributed by atoms with Gasteiger partial charge in [0, 0.05) is 11.5 Å². The number of carbonyl (C=O) groups is 3. The van der Waals surface area contributed by atoms with E-state index in [1.807, 2.05) is 42.5 Å². The van der Waals surface area contributed by atoms with Crippen molar-refractivity contribution >= 4 is 17.7 Å². The number of esters is 1. The van der Waals surface area contributed by atoms with Crippen LogP contribution >= 0.6 is 0 Å². The molecule has 1 N–H and O–H groups in total. The van der Waals surface area contributed by atoms with E-state index in [4.69, 9.17) is 4.74 Å². The number of carbonyl (C=O) groups excluding carboxylic acids is 2. The molecule has 0 aliphatic heterocycles. The largest absolute Gasteiger partial charge is 0.478 e. The maximum absolute atomic E-state index is 14.5. The summed E-state index contributed by atoms with van der Waals surface area (Å²) in [7, 11) is 0. The van der Waals surface area contributed by atoms with E-state index in [0.717, 1.165) is 44.1 Å². The number of carboxylic acids is 1. The number of ether oxygens (including phenoxy) is 1. The second-order valence-electron chi connectivity index (χ2n) is 16.7. The molecule has 3 fully saturated rings. The summed E-state index contributed by atoms with van der Waals surface area (Å²) < 4.78 is 5.92. The number of rotatable bonds is 4. The van der Waals surface area contributed by atoms with Crippen molar-refractivity contribution in [3.05, 3.63) is 59.2 Å². The summed E-state index contributed by atoms with van der Waals surface area (Å²) in [6.07, 6.45) is 11.0. The molecular weight excluding hydrogens is 536 g/mol. The lowest BCUT2D eigenvalue weighted by Gasteiger charge is -2.69. The van der Waals surface area contributed by atoms with Gasteiger partial charge in [-0.2, -0.15) is 0 Å². The second-order valence-corrected chi connectivity index (χ2v) is 16.7. The van der Waals surface area contributed by atoms with Gasteiger partial charge in [0.05, 0.1) is 5.41 Å². The molecule has 0 aromatic heterocycles. The van der Waals surface area contributed by atoms with E-state index in [-0.39, 0.29) is 57.8 Å². The fourth-order valence-electron chi connectivity index (χ4n) is 11.2. The highest BCUT2D eigenvalue weighted by Crippen LogP contribution is 2.75. The van der Waals surface area contributed by atoms with Gasteiger partial charge in [-0.05, 0) is 109 Å². The minimum atomic E-state index is -0.835. The Morgan fingerprint density at radius 2 is 1.60 bits per heavy atom. The van der Waals surface area contributed by atoms with Gasteiger partial charge in [-0.3, -0.25) is 9.59 Å². The highest BCUT2D eigenvalue weighted by Gasteiger charge is 2.70. The van der Waals surface area contributed by atoms with Crippen molar-refractivity contribution in [1.29, 1.82) is 0 Å². The Bertz CT molecular complexity index is 1420. The summed E-state index contributed by atoms with van der Waals surface area (Å²) in [5, 5.41) is 10.0. The van der Waals surface area contributed by atoms with Crippen LogP contribution in [0, 0.1) is 50.2 Å². The normalized spacial score (nSPS) is 43.1. The van der Waals surface area contributed by atoms with Crippen LogP contribution < -0.4 is 0 Å². The van der Waals surface area contributed by atoms with Gasteiger partial charge >= 0.3 is 11.9 Å². The van der Waals surface area contributed by atoms with Crippen molar-refractivity contribution in [3.8, 4) is 0 Å². The summed E-state index contributed by atoms with van der Waals surface area (Å²) in [5.41, 5.74) is 1.04. The number of allylic oxidation sites excluding steroid dienone is 3. The van der Waals surface area contributed by atoms with E-state index in [9.17, 15) is 19.5 Å². The van der Waals surface area contributed by atoms with E-state index >= 15 is 0 Å². The Kier molecular flexibility index (Phi) is 6.81. The maximum Gasteiger partial charge on any atom is 0.331 e. The predicted molar refractivity (Wildman–Crippen MR) is 167 cm³/mol. The van der Waals surface area contributed by atoms with Gasteiger partial charge in [0.2, 0.25) is 0 Å². The third-order valence-corrected chi connectivity index (χ3v) is 14.1. The molecule has 0 heterocycles. The molecule has 3 saturated carbocycles. The molecule has 5 heteroatoms. The van der Waals surface area contributed by atoms with Crippen LogP contribution in [0.1, 0.15) is 105 Å². The lowest BCUT2D eigenvalue weighted by atomic mass is 9.33. The lowest BCUT2D eigenvalue weighted by molar-refractivity contribution is -0.177. The van der Waals surface area contributed by atoms with Crippen LogP contribution in [-0.4, -0.2) is 22.8 Å². The monoisotopic (exact) mass is 586 g/mol. The van der Waals surface area contributed by atoms with Crippen LogP contribution in [0.25, 0.3) is 0 Å².